The van der Waals surface area contributed by atoms with Gasteiger partial charge in [-0.2, -0.15) is 0 Å². The van der Waals surface area contributed by atoms with Crippen molar-refractivity contribution in [3.05, 3.63) is 35.9 Å². The molecule has 0 radical (unpaired) electrons. The summed E-state index contributed by atoms with van der Waals surface area (Å²) < 4.78 is 25.9. The molecule has 1 unspecified atom stereocenters. The van der Waals surface area contributed by atoms with Crippen LogP contribution in [0.4, 0.5) is 8.78 Å². The monoisotopic (exact) mass is 256 g/mol. The van der Waals surface area contributed by atoms with Crippen LogP contribution in [0.5, 0.6) is 0 Å². The van der Waals surface area contributed by atoms with Crippen molar-refractivity contribution in [2.75, 3.05) is 13.1 Å². The van der Waals surface area contributed by atoms with Crippen LogP contribution in [0.25, 0.3) is 0 Å². The van der Waals surface area contributed by atoms with Gasteiger partial charge in [-0.1, -0.05) is 37.3 Å². The number of hydrogen-bond donors (Lipinski definition) is 2. The lowest BCUT2D eigenvalue weighted by Gasteiger charge is -2.19. The van der Waals surface area contributed by atoms with Gasteiger partial charge in [-0.15, -0.1) is 0 Å². The number of nitrogens with one attached hydrogen (secondary N) is 1. The van der Waals surface area contributed by atoms with E-state index < -0.39 is 30.8 Å². The summed E-state index contributed by atoms with van der Waals surface area (Å²) in [6.07, 6.45) is 0.560. The zero-order valence-corrected chi connectivity index (χ0v) is 10.3. The summed E-state index contributed by atoms with van der Waals surface area (Å²) in [5.41, 5.74) is 5.74. The van der Waals surface area contributed by atoms with Crippen molar-refractivity contribution >= 4 is 5.91 Å². The Bertz CT molecular complexity index is 382. The topological polar surface area (TPSA) is 55.1 Å². The molecule has 5 heteroatoms. The zero-order valence-electron chi connectivity index (χ0n) is 10.3. The maximum absolute atomic E-state index is 12.9. The van der Waals surface area contributed by atoms with Gasteiger partial charge in [0.2, 0.25) is 5.91 Å². The van der Waals surface area contributed by atoms with Gasteiger partial charge in [0.25, 0.3) is 5.92 Å². The first-order chi connectivity index (χ1) is 8.50. The highest BCUT2D eigenvalue weighted by Gasteiger charge is 2.28. The van der Waals surface area contributed by atoms with E-state index >= 15 is 0 Å². The zero-order chi connectivity index (χ0) is 13.6. The Morgan fingerprint density at radius 3 is 2.50 bits per heavy atom. The van der Waals surface area contributed by atoms with Crippen LogP contribution < -0.4 is 11.1 Å². The first kappa shape index (κ1) is 14.6. The molecule has 0 saturated carbocycles. The van der Waals surface area contributed by atoms with Crippen molar-refractivity contribution in [1.82, 2.24) is 5.32 Å². The van der Waals surface area contributed by atoms with Crippen LogP contribution >= 0.6 is 0 Å². The minimum atomic E-state index is -3.05. The SMILES string of the molecule is CCC(C(=O)NCC(F)(F)CN)c1ccccc1. The third-order valence-corrected chi connectivity index (χ3v) is 2.75. The molecule has 3 nitrogen and oxygen atoms in total. The molecule has 1 rings (SSSR count). The van der Waals surface area contributed by atoms with E-state index in [-0.39, 0.29) is 0 Å². The number of carbonyl (C=O) groups excluding carboxylic acids is 1. The van der Waals surface area contributed by atoms with Gasteiger partial charge in [0.15, 0.2) is 0 Å². The normalized spacial score (nSPS) is 13.1. The van der Waals surface area contributed by atoms with E-state index in [1.54, 1.807) is 0 Å². The van der Waals surface area contributed by atoms with Gasteiger partial charge in [-0.3, -0.25) is 4.79 Å². The Hall–Kier alpha value is -1.49. The van der Waals surface area contributed by atoms with E-state index in [1.165, 1.54) is 0 Å². The molecule has 1 aromatic carbocycles. The van der Waals surface area contributed by atoms with Crippen molar-refractivity contribution in [2.24, 2.45) is 5.73 Å². The molecule has 1 atom stereocenters. The number of alkyl halides is 2. The lowest BCUT2D eigenvalue weighted by atomic mass is 9.95. The van der Waals surface area contributed by atoms with Crippen LogP contribution in [0.3, 0.4) is 0 Å². The van der Waals surface area contributed by atoms with Crippen molar-refractivity contribution in [3.8, 4) is 0 Å². The van der Waals surface area contributed by atoms with Crippen molar-refractivity contribution < 1.29 is 13.6 Å². The Balaban J connectivity index is 2.64. The molecule has 0 aliphatic heterocycles. The molecule has 0 aromatic heterocycles. The van der Waals surface area contributed by atoms with E-state index in [2.05, 4.69) is 5.32 Å². The molecule has 0 fully saturated rings. The molecule has 0 aliphatic carbocycles. The third kappa shape index (κ3) is 4.07. The molecule has 0 bridgehead atoms. The second kappa shape index (κ2) is 6.44. The number of amides is 1. The van der Waals surface area contributed by atoms with Crippen LogP contribution in [-0.2, 0) is 4.79 Å². The average Bonchev–Trinajstić information content (AvgIpc) is 2.39. The highest BCUT2D eigenvalue weighted by molar-refractivity contribution is 5.83. The van der Waals surface area contributed by atoms with E-state index in [9.17, 15) is 13.6 Å². The largest absolute Gasteiger partial charge is 0.349 e. The third-order valence-electron chi connectivity index (χ3n) is 2.75. The Kier molecular flexibility index (Phi) is 5.22. The number of rotatable bonds is 6. The lowest BCUT2D eigenvalue weighted by molar-refractivity contribution is -0.124. The Morgan fingerprint density at radius 2 is 2.00 bits per heavy atom. The summed E-state index contributed by atoms with van der Waals surface area (Å²) in [4.78, 5) is 11.9. The number of nitrogens with two attached hydrogens (primary N) is 1. The van der Waals surface area contributed by atoms with Crippen molar-refractivity contribution in [3.63, 3.8) is 0 Å². The average molecular weight is 256 g/mol. The van der Waals surface area contributed by atoms with Crippen LogP contribution in [0, 0.1) is 0 Å². The molecular formula is C13H18F2N2O. The Morgan fingerprint density at radius 1 is 1.39 bits per heavy atom. The van der Waals surface area contributed by atoms with E-state index in [4.69, 9.17) is 5.73 Å². The smallest absolute Gasteiger partial charge is 0.277 e. The summed E-state index contributed by atoms with van der Waals surface area (Å²) in [6.45, 7) is 0.361. The molecular weight excluding hydrogens is 238 g/mol. The summed E-state index contributed by atoms with van der Waals surface area (Å²) in [5, 5.41) is 2.25. The van der Waals surface area contributed by atoms with Crippen molar-refractivity contribution in [1.29, 1.82) is 0 Å². The molecule has 0 heterocycles. The van der Waals surface area contributed by atoms with Gasteiger partial charge in [-0.25, -0.2) is 8.78 Å². The number of carbonyl (C=O) groups is 1. The van der Waals surface area contributed by atoms with Gasteiger partial charge in [0.05, 0.1) is 19.0 Å². The molecule has 0 spiro atoms. The van der Waals surface area contributed by atoms with Gasteiger partial charge >= 0.3 is 0 Å². The van der Waals surface area contributed by atoms with Gasteiger partial charge in [0, 0.05) is 0 Å². The molecule has 18 heavy (non-hydrogen) atoms. The molecule has 0 saturated heterocycles. The van der Waals surface area contributed by atoms with Crippen molar-refractivity contribution in [2.45, 2.75) is 25.2 Å². The minimum Gasteiger partial charge on any atom is -0.349 e. The first-order valence-corrected chi connectivity index (χ1v) is 5.90. The molecule has 1 aromatic rings. The van der Waals surface area contributed by atoms with Crippen LogP contribution in [-0.4, -0.2) is 24.9 Å². The Labute approximate surface area is 105 Å². The highest BCUT2D eigenvalue weighted by atomic mass is 19.3. The van der Waals surface area contributed by atoms with E-state index in [0.717, 1.165) is 5.56 Å². The van der Waals surface area contributed by atoms with Gasteiger partial charge in [-0.05, 0) is 12.0 Å². The summed E-state index contributed by atoms with van der Waals surface area (Å²) >= 11 is 0. The molecule has 100 valence electrons. The number of hydrogen-bond acceptors (Lipinski definition) is 2. The summed E-state index contributed by atoms with van der Waals surface area (Å²) in [5.74, 6) is -3.85. The van der Waals surface area contributed by atoms with Gasteiger partial charge < -0.3 is 11.1 Å². The summed E-state index contributed by atoms with van der Waals surface area (Å²) in [7, 11) is 0. The molecule has 0 aliphatic rings. The number of halogens is 2. The fraction of sp³-hybridized carbons (Fsp3) is 0.462. The lowest BCUT2D eigenvalue weighted by Crippen LogP contribution is -2.43. The second-order valence-electron chi connectivity index (χ2n) is 4.15. The fourth-order valence-corrected chi connectivity index (χ4v) is 1.67. The van der Waals surface area contributed by atoms with Crippen LogP contribution in [0.2, 0.25) is 0 Å². The minimum absolute atomic E-state index is 0.392. The fourth-order valence-electron chi connectivity index (χ4n) is 1.67. The maximum atomic E-state index is 12.9. The predicted molar refractivity (Wildman–Crippen MR) is 66.5 cm³/mol. The maximum Gasteiger partial charge on any atom is 0.277 e. The first-order valence-electron chi connectivity index (χ1n) is 5.90. The standard InChI is InChI=1S/C13H18F2N2O/c1-2-11(10-6-4-3-5-7-10)12(18)17-9-13(14,15)8-16/h3-7,11H,2,8-9,16H2,1H3,(H,17,18). The summed E-state index contributed by atoms with van der Waals surface area (Å²) in [6, 6.07) is 9.11. The number of benzene rings is 1. The molecule has 3 N–H and O–H groups in total. The van der Waals surface area contributed by atoms with Crippen LogP contribution in [0.15, 0.2) is 30.3 Å². The second-order valence-corrected chi connectivity index (χ2v) is 4.15. The van der Waals surface area contributed by atoms with Gasteiger partial charge in [0.1, 0.15) is 0 Å². The van der Waals surface area contributed by atoms with Crippen LogP contribution in [0.1, 0.15) is 24.8 Å². The van der Waals surface area contributed by atoms with E-state index in [0.29, 0.717) is 6.42 Å². The molecule has 1 amide bonds. The predicted octanol–water partition coefficient (Wildman–Crippen LogP) is 1.89. The van der Waals surface area contributed by atoms with E-state index in [1.807, 2.05) is 37.3 Å². The quantitative estimate of drug-likeness (QED) is 0.816. The highest BCUT2D eigenvalue weighted by Crippen LogP contribution is 2.19.